The molecule has 0 fully saturated rings. The van der Waals surface area contributed by atoms with Gasteiger partial charge in [-0.1, -0.05) is 24.0 Å². The first kappa shape index (κ1) is 15.6. The highest BCUT2D eigenvalue weighted by molar-refractivity contribution is 7.89. The highest BCUT2D eigenvalue weighted by Gasteiger charge is 2.26. The lowest BCUT2D eigenvalue weighted by Gasteiger charge is -2.14. The molecule has 0 saturated heterocycles. The van der Waals surface area contributed by atoms with Crippen LogP contribution in [0.2, 0.25) is 0 Å². The van der Waals surface area contributed by atoms with Crippen LogP contribution in [0.1, 0.15) is 24.1 Å². The van der Waals surface area contributed by atoms with Crippen molar-refractivity contribution in [2.45, 2.75) is 18.7 Å². The second kappa shape index (κ2) is 6.61. The average molecular weight is 288 g/mol. The van der Waals surface area contributed by atoms with E-state index in [4.69, 9.17) is 5.73 Å². The number of alkyl halides is 2. The smallest absolute Gasteiger partial charge is 0.320 e. The van der Waals surface area contributed by atoms with Gasteiger partial charge in [-0.3, -0.25) is 0 Å². The molecule has 104 valence electrons. The monoisotopic (exact) mass is 288 g/mol. The normalized spacial score (nSPS) is 12.9. The molecule has 0 heterocycles. The van der Waals surface area contributed by atoms with Crippen LogP contribution in [0.25, 0.3) is 0 Å². The van der Waals surface area contributed by atoms with Crippen LogP contribution in [0, 0.1) is 11.8 Å². The van der Waals surface area contributed by atoms with Gasteiger partial charge in [0.2, 0.25) is 0 Å². The second-order valence-corrected chi connectivity index (χ2v) is 5.46. The molecule has 0 aliphatic carbocycles. The Morgan fingerprint density at radius 1 is 1.42 bits per heavy atom. The van der Waals surface area contributed by atoms with E-state index in [-0.39, 0.29) is 6.54 Å². The molecule has 0 amide bonds. The van der Waals surface area contributed by atoms with Gasteiger partial charge < -0.3 is 5.73 Å². The summed E-state index contributed by atoms with van der Waals surface area (Å²) >= 11 is 0. The van der Waals surface area contributed by atoms with Crippen LogP contribution in [0.4, 0.5) is 8.78 Å². The molecule has 0 spiro atoms. The third-order valence-corrected chi connectivity index (χ3v) is 3.45. The van der Waals surface area contributed by atoms with Crippen molar-refractivity contribution in [1.29, 1.82) is 0 Å². The lowest BCUT2D eigenvalue weighted by molar-refractivity contribution is 0.231. The van der Waals surface area contributed by atoms with Crippen LogP contribution in [-0.4, -0.2) is 20.7 Å². The Hall–Kier alpha value is -1.49. The standard InChI is InChI=1S/C12H14F2N2O2S/c1-9(16-19(17,18)12(13)14)11-6-2-4-10(8-11)5-3-7-15/h2,4,6,8-9,12,16H,7,15H2,1H3. The molecule has 1 unspecified atom stereocenters. The third kappa shape index (κ3) is 4.59. The van der Waals surface area contributed by atoms with E-state index >= 15 is 0 Å². The second-order valence-electron chi connectivity index (χ2n) is 3.78. The average Bonchev–Trinajstić information content (AvgIpc) is 2.36. The Morgan fingerprint density at radius 3 is 2.68 bits per heavy atom. The summed E-state index contributed by atoms with van der Waals surface area (Å²) in [7, 11) is -4.61. The Labute approximate surface area is 111 Å². The zero-order chi connectivity index (χ0) is 14.5. The molecule has 1 atom stereocenters. The van der Waals surface area contributed by atoms with E-state index in [2.05, 4.69) is 11.8 Å². The fourth-order valence-corrected chi connectivity index (χ4v) is 2.14. The molecule has 1 aromatic rings. The highest BCUT2D eigenvalue weighted by atomic mass is 32.2. The Kier molecular flexibility index (Phi) is 5.42. The quantitative estimate of drug-likeness (QED) is 0.818. The van der Waals surface area contributed by atoms with E-state index in [1.807, 2.05) is 4.72 Å². The van der Waals surface area contributed by atoms with E-state index in [1.54, 1.807) is 24.3 Å². The van der Waals surface area contributed by atoms with Crippen molar-refractivity contribution in [2.75, 3.05) is 6.54 Å². The molecule has 1 aromatic carbocycles. The van der Waals surface area contributed by atoms with Crippen molar-refractivity contribution in [3.8, 4) is 11.8 Å². The Morgan fingerprint density at radius 2 is 2.11 bits per heavy atom. The maximum absolute atomic E-state index is 12.2. The Bertz CT molecular complexity index is 591. The largest absolute Gasteiger partial charge is 0.350 e. The van der Waals surface area contributed by atoms with Crippen molar-refractivity contribution < 1.29 is 17.2 Å². The van der Waals surface area contributed by atoms with E-state index in [0.717, 1.165) is 0 Å². The lowest BCUT2D eigenvalue weighted by atomic mass is 10.1. The van der Waals surface area contributed by atoms with Crippen LogP contribution in [0.3, 0.4) is 0 Å². The van der Waals surface area contributed by atoms with E-state index in [0.29, 0.717) is 11.1 Å². The maximum atomic E-state index is 12.2. The summed E-state index contributed by atoms with van der Waals surface area (Å²) in [4.78, 5) is 0. The molecule has 0 bridgehead atoms. The number of rotatable bonds is 4. The van der Waals surface area contributed by atoms with Crippen LogP contribution in [-0.2, 0) is 10.0 Å². The number of benzene rings is 1. The summed E-state index contributed by atoms with van der Waals surface area (Å²) < 4.78 is 48.5. The van der Waals surface area contributed by atoms with Crippen LogP contribution >= 0.6 is 0 Å². The van der Waals surface area contributed by atoms with Gasteiger partial charge in [-0.2, -0.15) is 8.78 Å². The lowest BCUT2D eigenvalue weighted by Crippen LogP contribution is -2.31. The number of nitrogens with one attached hydrogen (secondary N) is 1. The molecule has 0 aliphatic rings. The van der Waals surface area contributed by atoms with Gasteiger partial charge in [0.05, 0.1) is 6.54 Å². The summed E-state index contributed by atoms with van der Waals surface area (Å²) in [6, 6.07) is 5.88. The molecule has 1 rings (SSSR count). The minimum absolute atomic E-state index is 0.206. The van der Waals surface area contributed by atoms with E-state index in [1.165, 1.54) is 6.92 Å². The summed E-state index contributed by atoms with van der Waals surface area (Å²) in [5.41, 5.74) is 6.44. The van der Waals surface area contributed by atoms with Gasteiger partial charge in [0.25, 0.3) is 10.0 Å². The van der Waals surface area contributed by atoms with Crippen LogP contribution in [0.15, 0.2) is 24.3 Å². The molecular formula is C12H14F2N2O2S. The topological polar surface area (TPSA) is 72.2 Å². The zero-order valence-corrected chi connectivity index (χ0v) is 11.0. The summed E-state index contributed by atoms with van der Waals surface area (Å²) in [6.45, 7) is 1.69. The first-order chi connectivity index (χ1) is 8.86. The molecule has 3 N–H and O–H groups in total. The number of nitrogens with two attached hydrogens (primary N) is 1. The molecule has 19 heavy (non-hydrogen) atoms. The SMILES string of the molecule is CC(NS(=O)(=O)C(F)F)c1cccc(C#CCN)c1. The van der Waals surface area contributed by atoms with Crippen molar-refractivity contribution in [1.82, 2.24) is 4.72 Å². The number of sulfonamides is 1. The summed E-state index contributed by atoms with van der Waals surface area (Å²) in [6.07, 6.45) is 0. The van der Waals surface area contributed by atoms with Crippen molar-refractivity contribution in [3.63, 3.8) is 0 Å². The first-order valence-corrected chi connectivity index (χ1v) is 6.99. The number of hydrogen-bond donors (Lipinski definition) is 2. The number of hydrogen-bond acceptors (Lipinski definition) is 3. The van der Waals surface area contributed by atoms with Gasteiger partial charge in [0, 0.05) is 11.6 Å². The van der Waals surface area contributed by atoms with Crippen molar-refractivity contribution >= 4 is 10.0 Å². The highest BCUT2D eigenvalue weighted by Crippen LogP contribution is 2.16. The molecule has 0 aliphatic heterocycles. The van der Waals surface area contributed by atoms with Crippen molar-refractivity contribution in [3.05, 3.63) is 35.4 Å². The van der Waals surface area contributed by atoms with Crippen LogP contribution in [0.5, 0.6) is 0 Å². The zero-order valence-electron chi connectivity index (χ0n) is 10.2. The first-order valence-electron chi connectivity index (χ1n) is 5.45. The molecule has 0 saturated carbocycles. The third-order valence-electron chi connectivity index (χ3n) is 2.30. The van der Waals surface area contributed by atoms with E-state index < -0.39 is 21.8 Å². The number of halogens is 2. The maximum Gasteiger partial charge on any atom is 0.350 e. The predicted molar refractivity (Wildman–Crippen MR) is 68.8 cm³/mol. The van der Waals surface area contributed by atoms with Gasteiger partial charge in [0.1, 0.15) is 0 Å². The summed E-state index contributed by atoms with van der Waals surface area (Å²) in [5, 5.41) is 0. The van der Waals surface area contributed by atoms with Gasteiger partial charge in [-0.15, -0.1) is 0 Å². The molecule has 0 radical (unpaired) electrons. The summed E-state index contributed by atoms with van der Waals surface area (Å²) in [5.74, 6) is 1.99. The van der Waals surface area contributed by atoms with Gasteiger partial charge >= 0.3 is 5.76 Å². The van der Waals surface area contributed by atoms with Gasteiger partial charge in [-0.25, -0.2) is 13.1 Å². The minimum Gasteiger partial charge on any atom is -0.320 e. The molecular weight excluding hydrogens is 274 g/mol. The minimum atomic E-state index is -4.61. The van der Waals surface area contributed by atoms with E-state index in [9.17, 15) is 17.2 Å². The Balaban J connectivity index is 2.92. The molecule has 0 aromatic heterocycles. The molecule has 7 heteroatoms. The van der Waals surface area contributed by atoms with Gasteiger partial charge in [0.15, 0.2) is 0 Å². The van der Waals surface area contributed by atoms with Gasteiger partial charge in [-0.05, 0) is 24.6 Å². The molecule has 4 nitrogen and oxygen atoms in total. The fraction of sp³-hybridized carbons (Fsp3) is 0.333. The van der Waals surface area contributed by atoms with Crippen LogP contribution < -0.4 is 10.5 Å². The predicted octanol–water partition coefficient (Wildman–Crippen LogP) is 1.20. The van der Waals surface area contributed by atoms with Crippen molar-refractivity contribution in [2.24, 2.45) is 5.73 Å². The fourth-order valence-electron chi connectivity index (χ4n) is 1.40.